The number of carbonyl (C=O) groups excluding carboxylic acids is 1. The van der Waals surface area contributed by atoms with Crippen molar-refractivity contribution in [2.24, 2.45) is 0 Å². The van der Waals surface area contributed by atoms with Gasteiger partial charge in [-0.2, -0.15) is 0 Å². The van der Waals surface area contributed by atoms with Crippen LogP contribution in [0.15, 0.2) is 0 Å². The largest absolute Gasteiger partial charge is 0.466 e. The van der Waals surface area contributed by atoms with Crippen molar-refractivity contribution in [1.82, 2.24) is 5.32 Å². The molecule has 0 bridgehead atoms. The van der Waals surface area contributed by atoms with E-state index in [1.807, 2.05) is 7.05 Å². The Morgan fingerprint density at radius 1 is 0.944 bits per heavy atom. The molecule has 0 unspecified atom stereocenters. The number of hydrogen-bond acceptors (Lipinski definition) is 6. The van der Waals surface area contributed by atoms with Crippen LogP contribution in [0.4, 0.5) is 0 Å². The van der Waals surface area contributed by atoms with Crippen LogP contribution in [0.3, 0.4) is 0 Å². The minimum atomic E-state index is -0.226. The minimum absolute atomic E-state index is 0.226. The number of esters is 1. The van der Waals surface area contributed by atoms with E-state index in [1.54, 1.807) is 6.92 Å². The van der Waals surface area contributed by atoms with Gasteiger partial charge in [0, 0.05) is 6.54 Å². The Morgan fingerprint density at radius 2 is 1.50 bits per heavy atom. The molecule has 0 saturated heterocycles. The van der Waals surface area contributed by atoms with Gasteiger partial charge in [-0.05, 0) is 14.0 Å². The average molecular weight is 263 g/mol. The second-order valence-corrected chi connectivity index (χ2v) is 3.50. The molecule has 0 aliphatic carbocycles. The molecule has 0 atom stereocenters. The van der Waals surface area contributed by atoms with Crippen molar-refractivity contribution in [2.75, 3.05) is 59.8 Å². The molecule has 6 heteroatoms. The second kappa shape index (κ2) is 14.4. The summed E-state index contributed by atoms with van der Waals surface area (Å²) >= 11 is 0. The number of nitrogens with one attached hydrogen (secondary N) is 1. The van der Waals surface area contributed by atoms with Crippen LogP contribution in [0.2, 0.25) is 0 Å². The van der Waals surface area contributed by atoms with E-state index in [0.717, 1.165) is 6.54 Å². The lowest BCUT2D eigenvalue weighted by Crippen LogP contribution is -2.17. The first kappa shape index (κ1) is 17.3. The van der Waals surface area contributed by atoms with Crippen molar-refractivity contribution in [2.45, 2.75) is 13.3 Å². The smallest absolute Gasteiger partial charge is 0.308 e. The zero-order valence-corrected chi connectivity index (χ0v) is 11.4. The highest BCUT2D eigenvalue weighted by molar-refractivity contribution is 5.69. The van der Waals surface area contributed by atoms with Gasteiger partial charge in [0.15, 0.2) is 0 Å². The fraction of sp³-hybridized carbons (Fsp3) is 0.917. The molecule has 0 saturated carbocycles. The highest BCUT2D eigenvalue weighted by Gasteiger charge is 2.00. The summed E-state index contributed by atoms with van der Waals surface area (Å²) in [5, 5.41) is 2.99. The molecule has 0 aromatic heterocycles. The minimum Gasteiger partial charge on any atom is -0.466 e. The summed E-state index contributed by atoms with van der Waals surface area (Å²) in [4.78, 5) is 10.9. The van der Waals surface area contributed by atoms with Crippen LogP contribution in [-0.4, -0.2) is 65.8 Å². The second-order valence-electron chi connectivity index (χ2n) is 3.50. The maximum absolute atomic E-state index is 10.9. The molecular formula is C12H25NO5. The van der Waals surface area contributed by atoms with Crippen molar-refractivity contribution < 1.29 is 23.7 Å². The first-order chi connectivity index (χ1) is 8.81. The van der Waals surface area contributed by atoms with Crippen molar-refractivity contribution in [1.29, 1.82) is 0 Å². The fourth-order valence-corrected chi connectivity index (χ4v) is 1.10. The van der Waals surface area contributed by atoms with Gasteiger partial charge in [0.1, 0.15) is 0 Å². The molecule has 1 N–H and O–H groups in total. The van der Waals surface area contributed by atoms with Gasteiger partial charge < -0.3 is 24.3 Å². The Kier molecular flexibility index (Phi) is 13.8. The summed E-state index contributed by atoms with van der Waals surface area (Å²) in [6.07, 6.45) is 0.293. The van der Waals surface area contributed by atoms with Crippen LogP contribution in [0, 0.1) is 0 Å². The number of hydrogen-bond donors (Lipinski definition) is 1. The van der Waals surface area contributed by atoms with Gasteiger partial charge in [-0.1, -0.05) is 0 Å². The van der Waals surface area contributed by atoms with Crippen LogP contribution >= 0.6 is 0 Å². The lowest BCUT2D eigenvalue weighted by atomic mass is 10.5. The van der Waals surface area contributed by atoms with Crippen molar-refractivity contribution >= 4 is 5.97 Å². The van der Waals surface area contributed by atoms with Crippen molar-refractivity contribution in [3.8, 4) is 0 Å². The SMILES string of the molecule is CCOC(=O)CCOCCOCCOCCNC. The monoisotopic (exact) mass is 263 g/mol. The normalized spacial score (nSPS) is 10.6. The molecule has 0 aliphatic heterocycles. The van der Waals surface area contributed by atoms with Gasteiger partial charge in [-0.3, -0.25) is 4.79 Å². The first-order valence-electron chi connectivity index (χ1n) is 6.34. The Hall–Kier alpha value is -0.690. The van der Waals surface area contributed by atoms with E-state index >= 15 is 0 Å². The molecule has 0 aromatic carbocycles. The summed E-state index contributed by atoms with van der Waals surface area (Å²) < 4.78 is 20.5. The Bertz CT molecular complexity index is 189. The summed E-state index contributed by atoms with van der Waals surface area (Å²) in [6, 6.07) is 0. The topological polar surface area (TPSA) is 66.0 Å². The molecule has 108 valence electrons. The number of rotatable bonds is 13. The van der Waals surface area contributed by atoms with E-state index in [0.29, 0.717) is 52.7 Å². The third-order valence-electron chi connectivity index (χ3n) is 2.00. The van der Waals surface area contributed by atoms with E-state index in [1.165, 1.54) is 0 Å². The van der Waals surface area contributed by atoms with Crippen LogP contribution in [0.5, 0.6) is 0 Å². The van der Waals surface area contributed by atoms with Crippen LogP contribution in [0.1, 0.15) is 13.3 Å². The van der Waals surface area contributed by atoms with Crippen molar-refractivity contribution in [3.63, 3.8) is 0 Å². The molecule has 0 radical (unpaired) electrons. The standard InChI is InChI=1S/C12H25NO5/c1-3-18-12(14)4-6-15-8-10-17-11-9-16-7-5-13-2/h13H,3-11H2,1-2H3. The maximum Gasteiger partial charge on any atom is 0.308 e. The summed E-state index contributed by atoms with van der Waals surface area (Å²) in [6.45, 7) is 6.25. The summed E-state index contributed by atoms with van der Waals surface area (Å²) in [5.74, 6) is -0.226. The molecule has 0 amide bonds. The third kappa shape index (κ3) is 13.4. The number of likely N-dealkylation sites (N-methyl/N-ethyl adjacent to an activating group) is 1. The van der Waals surface area contributed by atoms with Crippen LogP contribution in [-0.2, 0) is 23.7 Å². The maximum atomic E-state index is 10.9. The van der Waals surface area contributed by atoms with Crippen LogP contribution in [0.25, 0.3) is 0 Å². The zero-order valence-electron chi connectivity index (χ0n) is 11.4. The fourth-order valence-electron chi connectivity index (χ4n) is 1.10. The molecule has 0 heterocycles. The quantitative estimate of drug-likeness (QED) is 0.378. The van der Waals surface area contributed by atoms with Gasteiger partial charge in [0.2, 0.25) is 0 Å². The molecule has 0 aromatic rings. The predicted octanol–water partition coefficient (Wildman–Crippen LogP) is 0.209. The number of carbonyl (C=O) groups is 1. The van der Waals surface area contributed by atoms with Gasteiger partial charge >= 0.3 is 5.97 Å². The molecule has 0 spiro atoms. The molecule has 6 nitrogen and oxygen atoms in total. The average Bonchev–Trinajstić information content (AvgIpc) is 2.36. The van der Waals surface area contributed by atoms with Gasteiger partial charge in [-0.25, -0.2) is 0 Å². The Morgan fingerprint density at radius 3 is 2.06 bits per heavy atom. The highest BCUT2D eigenvalue weighted by Crippen LogP contribution is 1.88. The Labute approximate surface area is 109 Å². The molecule has 18 heavy (non-hydrogen) atoms. The van der Waals surface area contributed by atoms with E-state index < -0.39 is 0 Å². The first-order valence-corrected chi connectivity index (χ1v) is 6.34. The van der Waals surface area contributed by atoms with Gasteiger partial charge in [0.05, 0.1) is 52.7 Å². The predicted molar refractivity (Wildman–Crippen MR) is 67.6 cm³/mol. The molecule has 0 rings (SSSR count). The van der Waals surface area contributed by atoms with Gasteiger partial charge in [-0.15, -0.1) is 0 Å². The van der Waals surface area contributed by atoms with Crippen molar-refractivity contribution in [3.05, 3.63) is 0 Å². The lowest BCUT2D eigenvalue weighted by Gasteiger charge is -2.06. The van der Waals surface area contributed by atoms with E-state index in [9.17, 15) is 4.79 Å². The van der Waals surface area contributed by atoms with Gasteiger partial charge in [0.25, 0.3) is 0 Å². The summed E-state index contributed by atoms with van der Waals surface area (Å²) in [7, 11) is 1.88. The van der Waals surface area contributed by atoms with E-state index in [-0.39, 0.29) is 5.97 Å². The van der Waals surface area contributed by atoms with Crippen LogP contribution < -0.4 is 5.32 Å². The third-order valence-corrected chi connectivity index (χ3v) is 2.00. The highest BCUT2D eigenvalue weighted by atomic mass is 16.5. The number of ether oxygens (including phenoxy) is 4. The zero-order chi connectivity index (χ0) is 13.5. The molecule has 0 fully saturated rings. The molecular weight excluding hydrogens is 238 g/mol. The van der Waals surface area contributed by atoms with E-state index in [4.69, 9.17) is 18.9 Å². The molecule has 0 aliphatic rings. The van der Waals surface area contributed by atoms with E-state index in [2.05, 4.69) is 5.32 Å². The Balaban J connectivity index is 3.01. The lowest BCUT2D eigenvalue weighted by molar-refractivity contribution is -0.144. The summed E-state index contributed by atoms with van der Waals surface area (Å²) in [5.41, 5.74) is 0.